The van der Waals surface area contributed by atoms with E-state index >= 15 is 0 Å². The SMILES string of the molecule is O=C(O)CCCC(NC(=O)Nc1ccccc1)C(=O)O. The molecule has 0 aromatic heterocycles. The molecule has 1 rings (SSSR count). The Hall–Kier alpha value is -2.57. The van der Waals surface area contributed by atoms with E-state index in [0.29, 0.717) is 5.69 Å². The minimum absolute atomic E-state index is 0.0594. The summed E-state index contributed by atoms with van der Waals surface area (Å²) < 4.78 is 0. The predicted octanol–water partition coefficient (Wildman–Crippen LogP) is 1.52. The summed E-state index contributed by atoms with van der Waals surface area (Å²) in [7, 11) is 0. The number of benzene rings is 1. The molecular formula is C13H16N2O5. The third kappa shape index (κ3) is 5.85. The van der Waals surface area contributed by atoms with Crippen LogP contribution in [0.15, 0.2) is 30.3 Å². The van der Waals surface area contributed by atoms with Crippen molar-refractivity contribution in [2.24, 2.45) is 0 Å². The van der Waals surface area contributed by atoms with E-state index in [1.54, 1.807) is 30.3 Å². The summed E-state index contributed by atoms with van der Waals surface area (Å²) in [5, 5.41) is 22.3. The van der Waals surface area contributed by atoms with Gasteiger partial charge in [-0.3, -0.25) is 4.79 Å². The average molecular weight is 280 g/mol. The molecule has 4 N–H and O–H groups in total. The van der Waals surface area contributed by atoms with Gasteiger partial charge >= 0.3 is 18.0 Å². The Morgan fingerprint density at radius 1 is 1.10 bits per heavy atom. The molecule has 7 heteroatoms. The minimum atomic E-state index is -1.20. The third-order valence-electron chi connectivity index (χ3n) is 2.52. The molecule has 0 aliphatic carbocycles. The van der Waals surface area contributed by atoms with Crippen LogP contribution in [0.5, 0.6) is 0 Å². The van der Waals surface area contributed by atoms with Gasteiger partial charge in [-0.1, -0.05) is 18.2 Å². The van der Waals surface area contributed by atoms with Gasteiger partial charge in [-0.25, -0.2) is 9.59 Å². The summed E-state index contributed by atoms with van der Waals surface area (Å²) in [5.41, 5.74) is 0.541. The molecule has 0 spiro atoms. The van der Waals surface area contributed by atoms with Gasteiger partial charge in [0.05, 0.1) is 0 Å². The van der Waals surface area contributed by atoms with Crippen LogP contribution in [-0.4, -0.2) is 34.2 Å². The molecule has 0 bridgehead atoms. The number of hydrogen-bond acceptors (Lipinski definition) is 3. The van der Waals surface area contributed by atoms with Gasteiger partial charge in [0.1, 0.15) is 6.04 Å². The summed E-state index contributed by atoms with van der Waals surface area (Å²) in [6.45, 7) is 0. The number of anilines is 1. The van der Waals surface area contributed by atoms with Gasteiger partial charge in [0, 0.05) is 12.1 Å². The number of carboxylic acids is 2. The fourth-order valence-corrected chi connectivity index (χ4v) is 1.56. The van der Waals surface area contributed by atoms with Crippen LogP contribution in [0.1, 0.15) is 19.3 Å². The van der Waals surface area contributed by atoms with Gasteiger partial charge in [-0.15, -0.1) is 0 Å². The largest absolute Gasteiger partial charge is 0.481 e. The van der Waals surface area contributed by atoms with E-state index in [1.807, 2.05) is 0 Å². The Bertz CT molecular complexity index is 475. The molecule has 0 saturated heterocycles. The number of amides is 2. The molecule has 108 valence electrons. The lowest BCUT2D eigenvalue weighted by Gasteiger charge is -2.14. The number of nitrogens with one attached hydrogen (secondary N) is 2. The summed E-state index contributed by atoms with van der Waals surface area (Å²) in [6.07, 6.45) is 0.105. The van der Waals surface area contributed by atoms with E-state index in [9.17, 15) is 14.4 Å². The molecule has 0 fully saturated rings. The van der Waals surface area contributed by atoms with Crippen LogP contribution >= 0.6 is 0 Å². The Labute approximate surface area is 115 Å². The van der Waals surface area contributed by atoms with Crippen molar-refractivity contribution in [1.82, 2.24) is 5.32 Å². The standard InChI is InChI=1S/C13H16N2O5/c16-11(17)8-4-7-10(12(18)19)15-13(20)14-9-5-2-1-3-6-9/h1-3,5-6,10H,4,7-8H2,(H,16,17)(H,18,19)(H2,14,15,20). The van der Waals surface area contributed by atoms with Crippen molar-refractivity contribution in [2.45, 2.75) is 25.3 Å². The van der Waals surface area contributed by atoms with Crippen LogP contribution in [0.3, 0.4) is 0 Å². The highest BCUT2D eigenvalue weighted by Gasteiger charge is 2.19. The second-order valence-corrected chi connectivity index (χ2v) is 4.14. The molecule has 0 heterocycles. The van der Waals surface area contributed by atoms with Crippen LogP contribution in [0, 0.1) is 0 Å². The first kappa shape index (κ1) is 15.5. The molecule has 0 radical (unpaired) electrons. The molecule has 20 heavy (non-hydrogen) atoms. The summed E-state index contributed by atoms with van der Waals surface area (Å²) in [5.74, 6) is -2.19. The van der Waals surface area contributed by atoms with Gasteiger partial charge in [0.15, 0.2) is 0 Å². The highest BCUT2D eigenvalue weighted by atomic mass is 16.4. The number of carbonyl (C=O) groups excluding carboxylic acids is 1. The van der Waals surface area contributed by atoms with E-state index in [0.717, 1.165) is 0 Å². The lowest BCUT2D eigenvalue weighted by Crippen LogP contribution is -2.43. The smallest absolute Gasteiger partial charge is 0.326 e. The zero-order chi connectivity index (χ0) is 15.0. The number of urea groups is 1. The molecule has 2 amide bonds. The third-order valence-corrected chi connectivity index (χ3v) is 2.52. The fraction of sp³-hybridized carbons (Fsp3) is 0.308. The van der Waals surface area contributed by atoms with E-state index in [2.05, 4.69) is 10.6 Å². The number of carbonyl (C=O) groups is 3. The second kappa shape index (κ2) is 7.78. The Kier molecular flexibility index (Phi) is 6.02. The molecule has 1 atom stereocenters. The van der Waals surface area contributed by atoms with Crippen molar-refractivity contribution < 1.29 is 24.6 Å². The first-order chi connectivity index (χ1) is 9.49. The van der Waals surface area contributed by atoms with Gasteiger partial charge in [-0.2, -0.15) is 0 Å². The first-order valence-electron chi connectivity index (χ1n) is 6.06. The number of para-hydroxylation sites is 1. The minimum Gasteiger partial charge on any atom is -0.481 e. The predicted molar refractivity (Wildman–Crippen MR) is 71.5 cm³/mol. The molecule has 0 aliphatic heterocycles. The maximum absolute atomic E-state index is 11.6. The van der Waals surface area contributed by atoms with Crippen LogP contribution in [0.25, 0.3) is 0 Å². The molecule has 1 aromatic rings. The van der Waals surface area contributed by atoms with Crippen LogP contribution in [0.2, 0.25) is 0 Å². The van der Waals surface area contributed by atoms with Crippen LogP contribution in [0.4, 0.5) is 10.5 Å². The summed E-state index contributed by atoms with van der Waals surface area (Å²) >= 11 is 0. The van der Waals surface area contributed by atoms with E-state index in [-0.39, 0.29) is 19.3 Å². The lowest BCUT2D eigenvalue weighted by molar-refractivity contribution is -0.140. The topological polar surface area (TPSA) is 116 Å². The first-order valence-corrected chi connectivity index (χ1v) is 6.06. The van der Waals surface area contributed by atoms with Crippen LogP contribution in [-0.2, 0) is 9.59 Å². The van der Waals surface area contributed by atoms with E-state index in [4.69, 9.17) is 10.2 Å². The second-order valence-electron chi connectivity index (χ2n) is 4.14. The van der Waals surface area contributed by atoms with Crippen molar-refractivity contribution in [3.8, 4) is 0 Å². The normalized spacial score (nSPS) is 11.4. The highest BCUT2D eigenvalue weighted by Crippen LogP contribution is 2.06. The molecule has 0 aliphatic rings. The summed E-state index contributed by atoms with van der Waals surface area (Å²) in [6, 6.07) is 6.83. The van der Waals surface area contributed by atoms with Gasteiger partial charge in [-0.05, 0) is 25.0 Å². The molecule has 0 saturated carbocycles. The Morgan fingerprint density at radius 2 is 1.75 bits per heavy atom. The molecule has 1 aromatic carbocycles. The Balaban J connectivity index is 2.46. The van der Waals surface area contributed by atoms with Gasteiger partial charge < -0.3 is 20.8 Å². The zero-order valence-corrected chi connectivity index (χ0v) is 10.7. The molecule has 1 unspecified atom stereocenters. The van der Waals surface area contributed by atoms with Crippen molar-refractivity contribution in [3.05, 3.63) is 30.3 Å². The van der Waals surface area contributed by atoms with E-state index in [1.165, 1.54) is 0 Å². The van der Waals surface area contributed by atoms with E-state index < -0.39 is 24.0 Å². The number of aliphatic carboxylic acids is 2. The van der Waals surface area contributed by atoms with Crippen LogP contribution < -0.4 is 10.6 Å². The highest BCUT2D eigenvalue weighted by molar-refractivity contribution is 5.92. The van der Waals surface area contributed by atoms with Crippen molar-refractivity contribution >= 4 is 23.7 Å². The molecular weight excluding hydrogens is 264 g/mol. The number of carboxylic acid groups (broad SMARTS) is 2. The van der Waals surface area contributed by atoms with Crippen molar-refractivity contribution in [1.29, 1.82) is 0 Å². The number of rotatable bonds is 7. The maximum atomic E-state index is 11.6. The number of hydrogen-bond donors (Lipinski definition) is 4. The Morgan fingerprint density at radius 3 is 2.30 bits per heavy atom. The maximum Gasteiger partial charge on any atom is 0.326 e. The molecule has 7 nitrogen and oxygen atoms in total. The van der Waals surface area contributed by atoms with Crippen molar-refractivity contribution in [2.75, 3.05) is 5.32 Å². The zero-order valence-electron chi connectivity index (χ0n) is 10.7. The van der Waals surface area contributed by atoms with Gasteiger partial charge in [0.25, 0.3) is 0 Å². The summed E-state index contributed by atoms with van der Waals surface area (Å²) in [4.78, 5) is 33.0. The lowest BCUT2D eigenvalue weighted by atomic mass is 10.1. The monoisotopic (exact) mass is 280 g/mol. The average Bonchev–Trinajstić information content (AvgIpc) is 2.38. The fourth-order valence-electron chi connectivity index (χ4n) is 1.56. The van der Waals surface area contributed by atoms with Crippen molar-refractivity contribution in [3.63, 3.8) is 0 Å². The van der Waals surface area contributed by atoms with Gasteiger partial charge in [0.2, 0.25) is 0 Å². The quantitative estimate of drug-likeness (QED) is 0.604.